The predicted octanol–water partition coefficient (Wildman–Crippen LogP) is 2.05. The summed E-state index contributed by atoms with van der Waals surface area (Å²) in [6.45, 7) is -0.501. The fourth-order valence-electron chi connectivity index (χ4n) is 4.00. The van der Waals surface area contributed by atoms with Crippen molar-refractivity contribution in [1.82, 2.24) is 10.6 Å². The summed E-state index contributed by atoms with van der Waals surface area (Å²) in [7, 11) is 1.51. The molecule has 1 heterocycles. The molecule has 3 rings (SSSR count). The van der Waals surface area contributed by atoms with Crippen LogP contribution in [-0.2, 0) is 16.0 Å². The molecule has 1 unspecified atom stereocenters. The van der Waals surface area contributed by atoms with Gasteiger partial charge in [-0.15, -0.1) is 0 Å². The van der Waals surface area contributed by atoms with Crippen LogP contribution in [0.4, 0.5) is 0 Å². The molecule has 1 atom stereocenters. The molecule has 1 aromatic carbocycles. The highest BCUT2D eigenvalue weighted by molar-refractivity contribution is 5.91. The SMILES string of the molecule is COc1ccc2c(CC(=O)NC(CO)C(=O)NC3CCCCCCC3)cc(=O)oc2c1. The molecule has 1 aliphatic carbocycles. The van der Waals surface area contributed by atoms with E-state index in [9.17, 15) is 19.5 Å². The number of methoxy groups -OCH3 is 1. The highest BCUT2D eigenvalue weighted by Crippen LogP contribution is 2.23. The molecule has 0 spiro atoms. The van der Waals surface area contributed by atoms with Crippen LogP contribution in [0.3, 0.4) is 0 Å². The van der Waals surface area contributed by atoms with Gasteiger partial charge in [0.05, 0.1) is 20.1 Å². The Morgan fingerprint density at radius 1 is 1.16 bits per heavy atom. The fourth-order valence-corrected chi connectivity index (χ4v) is 4.00. The zero-order chi connectivity index (χ0) is 22.2. The third-order valence-corrected chi connectivity index (χ3v) is 5.67. The first-order valence-corrected chi connectivity index (χ1v) is 10.8. The van der Waals surface area contributed by atoms with Crippen LogP contribution in [-0.4, -0.2) is 42.7 Å². The van der Waals surface area contributed by atoms with Gasteiger partial charge in [0, 0.05) is 23.6 Å². The summed E-state index contributed by atoms with van der Waals surface area (Å²) in [5.41, 5.74) is 0.211. The van der Waals surface area contributed by atoms with Crippen molar-refractivity contribution in [3.05, 3.63) is 40.2 Å². The predicted molar refractivity (Wildman–Crippen MR) is 116 cm³/mol. The van der Waals surface area contributed by atoms with Crippen LogP contribution >= 0.6 is 0 Å². The average Bonchev–Trinajstić information content (AvgIpc) is 2.73. The van der Waals surface area contributed by atoms with Crippen molar-refractivity contribution in [2.24, 2.45) is 0 Å². The minimum atomic E-state index is -1.04. The summed E-state index contributed by atoms with van der Waals surface area (Å²) in [6.07, 6.45) is 7.39. The van der Waals surface area contributed by atoms with Crippen LogP contribution in [0.2, 0.25) is 0 Å². The van der Waals surface area contributed by atoms with E-state index in [2.05, 4.69) is 10.6 Å². The molecule has 8 heteroatoms. The van der Waals surface area contributed by atoms with Gasteiger partial charge in [0.15, 0.2) is 0 Å². The smallest absolute Gasteiger partial charge is 0.336 e. The number of carbonyl (C=O) groups excluding carboxylic acids is 2. The number of rotatable bonds is 7. The Bertz CT molecular complexity index is 962. The topological polar surface area (TPSA) is 118 Å². The number of aliphatic hydroxyl groups excluding tert-OH is 1. The number of aliphatic hydroxyl groups is 1. The Hall–Kier alpha value is -2.87. The molecule has 3 N–H and O–H groups in total. The van der Waals surface area contributed by atoms with Crippen LogP contribution in [0.25, 0.3) is 11.0 Å². The molecule has 1 aromatic heterocycles. The largest absolute Gasteiger partial charge is 0.497 e. The summed E-state index contributed by atoms with van der Waals surface area (Å²) < 4.78 is 10.3. The molecule has 168 valence electrons. The summed E-state index contributed by atoms with van der Waals surface area (Å²) >= 11 is 0. The van der Waals surface area contributed by atoms with E-state index < -0.39 is 24.2 Å². The lowest BCUT2D eigenvalue weighted by molar-refractivity contribution is -0.130. The monoisotopic (exact) mass is 430 g/mol. The van der Waals surface area contributed by atoms with Gasteiger partial charge >= 0.3 is 5.63 Å². The first-order valence-electron chi connectivity index (χ1n) is 10.8. The van der Waals surface area contributed by atoms with Crippen molar-refractivity contribution in [3.8, 4) is 5.75 Å². The van der Waals surface area contributed by atoms with Crippen molar-refractivity contribution < 1.29 is 23.8 Å². The van der Waals surface area contributed by atoms with Crippen LogP contribution in [0.1, 0.15) is 50.5 Å². The molecular weight excluding hydrogens is 400 g/mol. The van der Waals surface area contributed by atoms with Crippen LogP contribution in [0, 0.1) is 0 Å². The maximum atomic E-state index is 12.6. The van der Waals surface area contributed by atoms with E-state index in [1.807, 2.05) is 0 Å². The van der Waals surface area contributed by atoms with Gasteiger partial charge in [0.2, 0.25) is 11.8 Å². The molecule has 0 aliphatic heterocycles. The quantitative estimate of drug-likeness (QED) is 0.579. The van der Waals surface area contributed by atoms with Gasteiger partial charge in [-0.2, -0.15) is 0 Å². The number of carbonyl (C=O) groups is 2. The average molecular weight is 431 g/mol. The van der Waals surface area contributed by atoms with Crippen molar-refractivity contribution in [1.29, 1.82) is 0 Å². The zero-order valence-corrected chi connectivity index (χ0v) is 17.8. The van der Waals surface area contributed by atoms with E-state index in [1.54, 1.807) is 18.2 Å². The molecule has 0 bridgehead atoms. The zero-order valence-electron chi connectivity index (χ0n) is 17.8. The maximum Gasteiger partial charge on any atom is 0.336 e. The first-order chi connectivity index (χ1) is 15.0. The van der Waals surface area contributed by atoms with Gasteiger partial charge in [0.25, 0.3) is 0 Å². The Balaban J connectivity index is 1.65. The van der Waals surface area contributed by atoms with Crippen molar-refractivity contribution in [2.75, 3.05) is 13.7 Å². The van der Waals surface area contributed by atoms with Gasteiger partial charge in [-0.3, -0.25) is 9.59 Å². The molecule has 1 saturated carbocycles. The van der Waals surface area contributed by atoms with E-state index in [1.165, 1.54) is 19.6 Å². The van der Waals surface area contributed by atoms with Gasteiger partial charge in [0.1, 0.15) is 17.4 Å². The number of hydrogen-bond donors (Lipinski definition) is 3. The Kier molecular flexibility index (Phi) is 8.06. The molecule has 2 amide bonds. The molecule has 31 heavy (non-hydrogen) atoms. The lowest BCUT2D eigenvalue weighted by atomic mass is 9.96. The molecule has 8 nitrogen and oxygen atoms in total. The first kappa shape index (κ1) is 22.8. The summed E-state index contributed by atoms with van der Waals surface area (Å²) in [5.74, 6) is -0.318. The van der Waals surface area contributed by atoms with Gasteiger partial charge < -0.3 is 24.9 Å². The van der Waals surface area contributed by atoms with Crippen molar-refractivity contribution in [3.63, 3.8) is 0 Å². The lowest BCUT2D eigenvalue weighted by Crippen LogP contribution is -2.51. The lowest BCUT2D eigenvalue weighted by Gasteiger charge is -2.24. The van der Waals surface area contributed by atoms with Crippen LogP contribution in [0.15, 0.2) is 33.5 Å². The second-order valence-corrected chi connectivity index (χ2v) is 7.98. The van der Waals surface area contributed by atoms with E-state index >= 15 is 0 Å². The Labute approximate surface area is 181 Å². The van der Waals surface area contributed by atoms with E-state index in [-0.39, 0.29) is 18.4 Å². The van der Waals surface area contributed by atoms with E-state index in [0.29, 0.717) is 22.3 Å². The summed E-state index contributed by atoms with van der Waals surface area (Å²) in [6, 6.07) is 5.29. The number of ether oxygens (including phenoxy) is 1. The molecule has 0 saturated heterocycles. The molecule has 0 radical (unpaired) electrons. The second-order valence-electron chi connectivity index (χ2n) is 7.98. The van der Waals surface area contributed by atoms with Gasteiger partial charge in [-0.1, -0.05) is 32.1 Å². The highest BCUT2D eigenvalue weighted by Gasteiger charge is 2.23. The minimum Gasteiger partial charge on any atom is -0.497 e. The van der Waals surface area contributed by atoms with E-state index in [4.69, 9.17) is 9.15 Å². The minimum absolute atomic E-state index is 0.0661. The molecule has 2 aromatic rings. The normalized spacial score (nSPS) is 16.2. The molecular formula is C23H30N2O6. The van der Waals surface area contributed by atoms with Gasteiger partial charge in [-0.05, 0) is 30.5 Å². The summed E-state index contributed by atoms with van der Waals surface area (Å²) in [4.78, 5) is 37.1. The third-order valence-electron chi connectivity index (χ3n) is 5.67. The van der Waals surface area contributed by atoms with E-state index in [0.717, 1.165) is 38.5 Å². The standard InChI is InChI=1S/C23H30N2O6/c1-30-17-9-10-18-15(12-22(28)31-20(18)13-17)11-21(27)25-19(14-26)23(29)24-16-7-5-3-2-4-6-8-16/h9-10,12-13,16,19,26H,2-8,11,14H2,1H3,(H,24,29)(H,25,27). The van der Waals surface area contributed by atoms with Crippen molar-refractivity contribution in [2.45, 2.75) is 63.5 Å². The molecule has 1 fully saturated rings. The van der Waals surface area contributed by atoms with Gasteiger partial charge in [-0.25, -0.2) is 4.79 Å². The summed E-state index contributed by atoms with van der Waals surface area (Å²) in [5, 5.41) is 15.8. The number of amides is 2. The highest BCUT2D eigenvalue weighted by atomic mass is 16.5. The third kappa shape index (κ3) is 6.30. The number of fused-ring (bicyclic) bond motifs is 1. The van der Waals surface area contributed by atoms with Crippen LogP contribution < -0.4 is 21.0 Å². The Morgan fingerprint density at radius 2 is 1.87 bits per heavy atom. The number of hydrogen-bond acceptors (Lipinski definition) is 6. The number of benzene rings is 1. The fraction of sp³-hybridized carbons (Fsp3) is 0.522. The Morgan fingerprint density at radius 3 is 2.55 bits per heavy atom. The second kappa shape index (κ2) is 10.9. The number of nitrogens with one attached hydrogen (secondary N) is 2. The molecule has 1 aliphatic rings. The van der Waals surface area contributed by atoms with Crippen LogP contribution in [0.5, 0.6) is 5.75 Å². The maximum absolute atomic E-state index is 12.6. The van der Waals surface area contributed by atoms with Crippen molar-refractivity contribution >= 4 is 22.8 Å².